The molecule has 1 aromatic rings. The Labute approximate surface area is 97.8 Å². The maximum Gasteiger partial charge on any atom is 0.309 e. The average Bonchev–Trinajstić information content (AvgIpc) is 2.27. The lowest BCUT2D eigenvalue weighted by Crippen LogP contribution is -2.23. The largest absolute Gasteiger partial charge is 0.469 e. The molecule has 1 aromatic carbocycles. The molecule has 0 bridgehead atoms. The Morgan fingerprint density at radius 2 is 2.27 bits per heavy atom. The lowest BCUT2D eigenvalue weighted by molar-refractivity contribution is -0.145. The predicted molar refractivity (Wildman–Crippen MR) is 61.7 cm³/mol. The van der Waals surface area contributed by atoms with Crippen LogP contribution in [0.15, 0.2) is 22.7 Å². The molecule has 0 N–H and O–H groups in total. The van der Waals surface area contributed by atoms with E-state index in [1.807, 2.05) is 6.07 Å². The van der Waals surface area contributed by atoms with E-state index in [0.29, 0.717) is 0 Å². The van der Waals surface area contributed by atoms with E-state index in [-0.39, 0.29) is 11.9 Å². The highest BCUT2D eigenvalue weighted by molar-refractivity contribution is 9.10. The molecule has 0 saturated heterocycles. The molecule has 3 heteroatoms. The van der Waals surface area contributed by atoms with Gasteiger partial charge >= 0.3 is 5.97 Å². The Bertz CT molecular complexity index is 387. The first-order valence-corrected chi connectivity index (χ1v) is 5.85. The minimum Gasteiger partial charge on any atom is -0.469 e. The van der Waals surface area contributed by atoms with Gasteiger partial charge in [-0.3, -0.25) is 4.79 Å². The van der Waals surface area contributed by atoms with Crippen LogP contribution < -0.4 is 0 Å². The molecule has 0 aromatic heterocycles. The fourth-order valence-electron chi connectivity index (χ4n) is 2.09. The van der Waals surface area contributed by atoms with Gasteiger partial charge < -0.3 is 4.74 Å². The van der Waals surface area contributed by atoms with E-state index in [4.69, 9.17) is 4.74 Å². The van der Waals surface area contributed by atoms with Crippen molar-refractivity contribution in [3.63, 3.8) is 0 Å². The van der Waals surface area contributed by atoms with E-state index >= 15 is 0 Å². The van der Waals surface area contributed by atoms with Gasteiger partial charge in [-0.25, -0.2) is 0 Å². The van der Waals surface area contributed by atoms with Gasteiger partial charge in [0.2, 0.25) is 0 Å². The third kappa shape index (κ3) is 2.23. The summed E-state index contributed by atoms with van der Waals surface area (Å²) in [5, 5.41) is 0. The smallest absolute Gasteiger partial charge is 0.309 e. The molecule has 1 unspecified atom stereocenters. The average molecular weight is 269 g/mol. The van der Waals surface area contributed by atoms with Crippen LogP contribution in [0.2, 0.25) is 0 Å². The summed E-state index contributed by atoms with van der Waals surface area (Å²) in [6, 6.07) is 6.26. The van der Waals surface area contributed by atoms with Crippen molar-refractivity contribution >= 4 is 21.9 Å². The maximum atomic E-state index is 11.4. The Morgan fingerprint density at radius 3 is 3.00 bits per heavy atom. The fraction of sp³-hybridized carbons (Fsp3) is 0.417. The molecule has 2 nitrogen and oxygen atoms in total. The Balaban J connectivity index is 2.20. The zero-order valence-corrected chi connectivity index (χ0v) is 10.2. The first-order chi connectivity index (χ1) is 7.20. The van der Waals surface area contributed by atoms with Crippen LogP contribution in [0.5, 0.6) is 0 Å². The second-order valence-electron chi connectivity index (χ2n) is 3.88. The Kier molecular flexibility index (Phi) is 3.10. The SMILES string of the molecule is COC(=O)C1CCc2cc(Br)ccc2C1. The first kappa shape index (κ1) is 10.7. The summed E-state index contributed by atoms with van der Waals surface area (Å²) < 4.78 is 5.89. The van der Waals surface area contributed by atoms with Crippen LogP contribution in [0.25, 0.3) is 0 Å². The van der Waals surface area contributed by atoms with Gasteiger partial charge in [0.25, 0.3) is 0 Å². The summed E-state index contributed by atoms with van der Waals surface area (Å²) >= 11 is 3.46. The molecule has 0 fully saturated rings. The minimum absolute atomic E-state index is 0.0451. The van der Waals surface area contributed by atoms with Crippen LogP contribution >= 0.6 is 15.9 Å². The van der Waals surface area contributed by atoms with Gasteiger partial charge in [-0.2, -0.15) is 0 Å². The third-order valence-electron chi connectivity index (χ3n) is 2.93. The van der Waals surface area contributed by atoms with E-state index in [9.17, 15) is 4.79 Å². The zero-order valence-electron chi connectivity index (χ0n) is 8.63. The molecular formula is C12H13BrO2. The van der Waals surface area contributed by atoms with E-state index in [1.165, 1.54) is 18.2 Å². The number of halogens is 1. The molecule has 1 aliphatic carbocycles. The van der Waals surface area contributed by atoms with Gasteiger partial charge in [-0.1, -0.05) is 22.0 Å². The van der Waals surface area contributed by atoms with Crippen molar-refractivity contribution in [3.8, 4) is 0 Å². The summed E-state index contributed by atoms with van der Waals surface area (Å²) in [5.74, 6) is -0.0350. The number of methoxy groups -OCH3 is 1. The van der Waals surface area contributed by atoms with Crippen molar-refractivity contribution < 1.29 is 9.53 Å². The van der Waals surface area contributed by atoms with Crippen molar-refractivity contribution in [1.29, 1.82) is 0 Å². The summed E-state index contributed by atoms with van der Waals surface area (Å²) in [6.45, 7) is 0. The number of benzene rings is 1. The normalized spacial score (nSPS) is 19.5. The molecule has 1 aliphatic rings. The van der Waals surface area contributed by atoms with Crippen molar-refractivity contribution in [3.05, 3.63) is 33.8 Å². The van der Waals surface area contributed by atoms with Crippen molar-refractivity contribution in [1.82, 2.24) is 0 Å². The molecule has 2 rings (SSSR count). The fourth-order valence-corrected chi connectivity index (χ4v) is 2.50. The first-order valence-electron chi connectivity index (χ1n) is 5.06. The number of aryl methyl sites for hydroxylation is 1. The van der Waals surface area contributed by atoms with Crippen molar-refractivity contribution in [2.75, 3.05) is 7.11 Å². The molecule has 0 aliphatic heterocycles. The van der Waals surface area contributed by atoms with Crippen LogP contribution in [0.4, 0.5) is 0 Å². The number of carbonyl (C=O) groups excluding carboxylic acids is 1. The third-order valence-corrected chi connectivity index (χ3v) is 3.42. The molecule has 0 heterocycles. The number of rotatable bonds is 1. The monoisotopic (exact) mass is 268 g/mol. The highest BCUT2D eigenvalue weighted by atomic mass is 79.9. The lowest BCUT2D eigenvalue weighted by atomic mass is 9.84. The molecule has 1 atom stereocenters. The van der Waals surface area contributed by atoms with Crippen molar-refractivity contribution in [2.45, 2.75) is 19.3 Å². The van der Waals surface area contributed by atoms with Gasteiger partial charge in [0.05, 0.1) is 13.0 Å². The van der Waals surface area contributed by atoms with Crippen LogP contribution in [0, 0.1) is 5.92 Å². The predicted octanol–water partition coefficient (Wildman–Crippen LogP) is 2.73. The molecule has 80 valence electrons. The quantitative estimate of drug-likeness (QED) is 0.733. The van der Waals surface area contributed by atoms with Gasteiger partial charge in [0, 0.05) is 4.47 Å². The standard InChI is InChI=1S/C12H13BrO2/c1-15-12(14)10-3-2-9-7-11(13)5-4-8(9)6-10/h4-5,7,10H,2-3,6H2,1H3. The van der Waals surface area contributed by atoms with Gasteiger partial charge in [0.1, 0.15) is 0 Å². The van der Waals surface area contributed by atoms with Crippen LogP contribution in [0.1, 0.15) is 17.5 Å². The Morgan fingerprint density at radius 1 is 1.47 bits per heavy atom. The highest BCUT2D eigenvalue weighted by Gasteiger charge is 2.25. The lowest BCUT2D eigenvalue weighted by Gasteiger charge is -2.22. The number of ether oxygens (including phenoxy) is 1. The zero-order chi connectivity index (χ0) is 10.8. The van der Waals surface area contributed by atoms with Crippen LogP contribution in [-0.2, 0) is 22.4 Å². The molecule has 0 radical (unpaired) electrons. The topological polar surface area (TPSA) is 26.3 Å². The number of carbonyl (C=O) groups is 1. The van der Waals surface area contributed by atoms with Gasteiger partial charge in [-0.05, 0) is 42.5 Å². The molecule has 15 heavy (non-hydrogen) atoms. The van der Waals surface area contributed by atoms with E-state index in [2.05, 4.69) is 28.1 Å². The van der Waals surface area contributed by atoms with Crippen LogP contribution in [0.3, 0.4) is 0 Å². The second kappa shape index (κ2) is 4.35. The van der Waals surface area contributed by atoms with Crippen LogP contribution in [-0.4, -0.2) is 13.1 Å². The summed E-state index contributed by atoms with van der Waals surface area (Å²) in [6.07, 6.45) is 2.68. The number of fused-ring (bicyclic) bond motifs is 1. The summed E-state index contributed by atoms with van der Waals surface area (Å²) in [5.41, 5.74) is 2.63. The van der Waals surface area contributed by atoms with Gasteiger partial charge in [0.15, 0.2) is 0 Å². The number of hydrogen-bond acceptors (Lipinski definition) is 2. The van der Waals surface area contributed by atoms with Crippen molar-refractivity contribution in [2.24, 2.45) is 5.92 Å². The molecule has 0 amide bonds. The van der Waals surface area contributed by atoms with E-state index in [0.717, 1.165) is 23.7 Å². The van der Waals surface area contributed by atoms with E-state index < -0.39 is 0 Å². The minimum atomic E-state index is -0.0800. The highest BCUT2D eigenvalue weighted by Crippen LogP contribution is 2.28. The summed E-state index contributed by atoms with van der Waals surface area (Å²) in [7, 11) is 1.46. The maximum absolute atomic E-state index is 11.4. The Hall–Kier alpha value is -0.830. The summed E-state index contributed by atoms with van der Waals surface area (Å²) in [4.78, 5) is 11.4. The molecule has 0 saturated carbocycles. The number of esters is 1. The van der Waals surface area contributed by atoms with Gasteiger partial charge in [-0.15, -0.1) is 0 Å². The molecule has 0 spiro atoms. The second-order valence-corrected chi connectivity index (χ2v) is 4.79. The number of hydrogen-bond donors (Lipinski definition) is 0. The molecular weight excluding hydrogens is 256 g/mol. The van der Waals surface area contributed by atoms with E-state index in [1.54, 1.807) is 0 Å².